The second-order valence-electron chi connectivity index (χ2n) is 4.53. The Labute approximate surface area is 101 Å². The van der Waals surface area contributed by atoms with Gasteiger partial charge in [0.05, 0.1) is 12.0 Å². The fraction of sp³-hybridized carbons (Fsp3) is 0.462. The summed E-state index contributed by atoms with van der Waals surface area (Å²) in [4.78, 5) is 12.0. The third-order valence-electron chi connectivity index (χ3n) is 3.25. The van der Waals surface area contributed by atoms with Gasteiger partial charge in [-0.25, -0.2) is 0 Å². The van der Waals surface area contributed by atoms with Gasteiger partial charge in [0.2, 0.25) is 5.91 Å². The standard InChI is InChI=1S/C13H18N2O2/c1-8-7-10(3-4-12(8)14)15-13(16)11-5-6-17-9(11)2/h3-4,7,9,11H,5-6,14H2,1-2H3,(H,15,16). The van der Waals surface area contributed by atoms with E-state index in [2.05, 4.69) is 5.32 Å². The maximum atomic E-state index is 12.0. The Morgan fingerprint density at radius 1 is 1.53 bits per heavy atom. The zero-order chi connectivity index (χ0) is 12.4. The van der Waals surface area contributed by atoms with Crippen molar-refractivity contribution in [3.05, 3.63) is 23.8 Å². The van der Waals surface area contributed by atoms with Crippen molar-refractivity contribution in [1.29, 1.82) is 0 Å². The van der Waals surface area contributed by atoms with Crippen molar-refractivity contribution >= 4 is 17.3 Å². The Kier molecular flexibility index (Phi) is 3.33. The SMILES string of the molecule is Cc1cc(NC(=O)C2CCOC2C)ccc1N. The van der Waals surface area contributed by atoms with Crippen LogP contribution in [0.5, 0.6) is 0 Å². The van der Waals surface area contributed by atoms with Crippen molar-refractivity contribution in [2.75, 3.05) is 17.7 Å². The normalized spacial score (nSPS) is 23.6. The number of carbonyl (C=O) groups excluding carboxylic acids is 1. The van der Waals surface area contributed by atoms with E-state index in [1.165, 1.54) is 0 Å². The lowest BCUT2D eigenvalue weighted by Crippen LogP contribution is -2.27. The van der Waals surface area contributed by atoms with Gasteiger partial charge < -0.3 is 15.8 Å². The number of carbonyl (C=O) groups is 1. The molecular weight excluding hydrogens is 216 g/mol. The highest BCUT2D eigenvalue weighted by molar-refractivity contribution is 5.93. The number of aryl methyl sites for hydroxylation is 1. The van der Waals surface area contributed by atoms with Crippen LogP contribution in [0.1, 0.15) is 18.9 Å². The number of nitrogens with two attached hydrogens (primary N) is 1. The summed E-state index contributed by atoms with van der Waals surface area (Å²) < 4.78 is 5.39. The molecule has 1 fully saturated rings. The van der Waals surface area contributed by atoms with E-state index in [1.807, 2.05) is 26.0 Å². The summed E-state index contributed by atoms with van der Waals surface area (Å²) in [5.74, 6) is -0.0213. The second kappa shape index (κ2) is 4.75. The molecule has 4 nitrogen and oxygen atoms in total. The smallest absolute Gasteiger partial charge is 0.230 e. The van der Waals surface area contributed by atoms with Crippen LogP contribution in [0.25, 0.3) is 0 Å². The minimum Gasteiger partial charge on any atom is -0.399 e. The molecule has 0 radical (unpaired) electrons. The lowest BCUT2D eigenvalue weighted by Gasteiger charge is -2.14. The van der Waals surface area contributed by atoms with Crippen LogP contribution >= 0.6 is 0 Å². The number of anilines is 2. The third kappa shape index (κ3) is 2.58. The van der Waals surface area contributed by atoms with Gasteiger partial charge in [-0.1, -0.05) is 0 Å². The number of rotatable bonds is 2. The zero-order valence-corrected chi connectivity index (χ0v) is 10.2. The number of nitrogen functional groups attached to an aromatic ring is 1. The van der Waals surface area contributed by atoms with Gasteiger partial charge in [0.1, 0.15) is 0 Å². The van der Waals surface area contributed by atoms with E-state index in [1.54, 1.807) is 6.07 Å². The largest absolute Gasteiger partial charge is 0.399 e. The predicted octanol–water partition coefficient (Wildman–Crippen LogP) is 1.94. The number of ether oxygens (including phenoxy) is 1. The van der Waals surface area contributed by atoms with Crippen molar-refractivity contribution < 1.29 is 9.53 Å². The molecule has 0 spiro atoms. The molecule has 1 aliphatic rings. The predicted molar refractivity (Wildman–Crippen MR) is 67.7 cm³/mol. The lowest BCUT2D eigenvalue weighted by molar-refractivity contribution is -0.121. The van der Waals surface area contributed by atoms with Crippen LogP contribution in [0, 0.1) is 12.8 Å². The highest BCUT2D eigenvalue weighted by Gasteiger charge is 2.30. The van der Waals surface area contributed by atoms with E-state index in [0.717, 1.165) is 23.4 Å². The first-order chi connectivity index (χ1) is 8.08. The maximum absolute atomic E-state index is 12.0. The molecule has 0 bridgehead atoms. The summed E-state index contributed by atoms with van der Waals surface area (Å²) in [6, 6.07) is 5.51. The Morgan fingerprint density at radius 2 is 2.29 bits per heavy atom. The van der Waals surface area contributed by atoms with Gasteiger partial charge in [-0.3, -0.25) is 4.79 Å². The molecule has 0 saturated carbocycles. The lowest BCUT2D eigenvalue weighted by atomic mass is 10.0. The average Bonchev–Trinajstić information content (AvgIpc) is 2.70. The highest BCUT2D eigenvalue weighted by Crippen LogP contribution is 2.23. The van der Waals surface area contributed by atoms with Gasteiger partial charge in [0.25, 0.3) is 0 Å². The molecule has 1 saturated heterocycles. The van der Waals surface area contributed by atoms with Gasteiger partial charge in [0, 0.05) is 18.0 Å². The van der Waals surface area contributed by atoms with Crippen molar-refractivity contribution in [2.45, 2.75) is 26.4 Å². The Morgan fingerprint density at radius 3 is 2.88 bits per heavy atom. The van der Waals surface area contributed by atoms with Crippen LogP contribution < -0.4 is 11.1 Å². The monoisotopic (exact) mass is 234 g/mol. The summed E-state index contributed by atoms with van der Waals surface area (Å²) >= 11 is 0. The van der Waals surface area contributed by atoms with Gasteiger partial charge in [-0.2, -0.15) is 0 Å². The summed E-state index contributed by atoms with van der Waals surface area (Å²) in [5, 5.41) is 2.91. The van der Waals surface area contributed by atoms with E-state index in [0.29, 0.717) is 6.61 Å². The zero-order valence-electron chi connectivity index (χ0n) is 10.2. The molecule has 17 heavy (non-hydrogen) atoms. The minimum atomic E-state index is -0.0483. The molecular formula is C13H18N2O2. The summed E-state index contributed by atoms with van der Waals surface area (Å²) in [6.07, 6.45) is 0.797. The van der Waals surface area contributed by atoms with Gasteiger partial charge in [-0.15, -0.1) is 0 Å². The van der Waals surface area contributed by atoms with E-state index in [-0.39, 0.29) is 17.9 Å². The first-order valence-electron chi connectivity index (χ1n) is 5.86. The van der Waals surface area contributed by atoms with Crippen LogP contribution in [0.2, 0.25) is 0 Å². The Bertz CT molecular complexity index is 431. The first-order valence-corrected chi connectivity index (χ1v) is 5.86. The first kappa shape index (κ1) is 11.9. The van der Waals surface area contributed by atoms with E-state index < -0.39 is 0 Å². The molecule has 1 aromatic rings. The van der Waals surface area contributed by atoms with E-state index in [9.17, 15) is 4.79 Å². The summed E-state index contributed by atoms with van der Waals surface area (Å²) in [6.45, 7) is 4.53. The molecule has 1 heterocycles. The van der Waals surface area contributed by atoms with Crippen LogP contribution in [-0.4, -0.2) is 18.6 Å². The number of amides is 1. The van der Waals surface area contributed by atoms with Crippen molar-refractivity contribution in [2.24, 2.45) is 5.92 Å². The molecule has 1 amide bonds. The summed E-state index contributed by atoms with van der Waals surface area (Å²) in [5.41, 5.74) is 8.23. The van der Waals surface area contributed by atoms with Gasteiger partial charge in [0.15, 0.2) is 0 Å². The fourth-order valence-electron chi connectivity index (χ4n) is 2.06. The van der Waals surface area contributed by atoms with E-state index >= 15 is 0 Å². The molecule has 1 aliphatic heterocycles. The van der Waals surface area contributed by atoms with Gasteiger partial charge >= 0.3 is 0 Å². The van der Waals surface area contributed by atoms with E-state index in [4.69, 9.17) is 10.5 Å². The number of hydrogen-bond donors (Lipinski definition) is 2. The average molecular weight is 234 g/mol. The fourth-order valence-corrected chi connectivity index (χ4v) is 2.06. The van der Waals surface area contributed by atoms with Crippen LogP contribution in [-0.2, 0) is 9.53 Å². The minimum absolute atomic E-state index is 0.00452. The Balaban J connectivity index is 2.05. The number of benzene rings is 1. The van der Waals surface area contributed by atoms with Gasteiger partial charge in [-0.05, 0) is 44.0 Å². The maximum Gasteiger partial charge on any atom is 0.230 e. The Hall–Kier alpha value is -1.55. The molecule has 2 atom stereocenters. The van der Waals surface area contributed by atoms with Crippen molar-refractivity contribution in [1.82, 2.24) is 0 Å². The molecule has 92 valence electrons. The quantitative estimate of drug-likeness (QED) is 0.769. The van der Waals surface area contributed by atoms with Crippen LogP contribution in [0.15, 0.2) is 18.2 Å². The molecule has 2 rings (SSSR count). The van der Waals surface area contributed by atoms with Crippen molar-refractivity contribution in [3.63, 3.8) is 0 Å². The molecule has 0 aromatic heterocycles. The number of hydrogen-bond acceptors (Lipinski definition) is 3. The second-order valence-corrected chi connectivity index (χ2v) is 4.53. The molecule has 2 unspecified atom stereocenters. The van der Waals surface area contributed by atoms with Crippen LogP contribution in [0.3, 0.4) is 0 Å². The number of nitrogens with one attached hydrogen (secondary N) is 1. The van der Waals surface area contributed by atoms with Crippen LogP contribution in [0.4, 0.5) is 11.4 Å². The molecule has 0 aliphatic carbocycles. The highest BCUT2D eigenvalue weighted by atomic mass is 16.5. The molecule has 1 aromatic carbocycles. The summed E-state index contributed by atoms with van der Waals surface area (Å²) in [7, 11) is 0. The molecule has 4 heteroatoms. The molecule has 3 N–H and O–H groups in total. The topological polar surface area (TPSA) is 64.3 Å². The third-order valence-corrected chi connectivity index (χ3v) is 3.25. The van der Waals surface area contributed by atoms with Crippen molar-refractivity contribution in [3.8, 4) is 0 Å².